The molecule has 7 heteroatoms. The predicted octanol–water partition coefficient (Wildman–Crippen LogP) is 3.60. The van der Waals surface area contributed by atoms with Gasteiger partial charge in [-0.1, -0.05) is 47.4 Å². The van der Waals surface area contributed by atoms with E-state index in [0.29, 0.717) is 6.54 Å². The van der Waals surface area contributed by atoms with E-state index < -0.39 is 0 Å². The Kier molecular flexibility index (Phi) is 5.52. The molecule has 126 valence electrons. The van der Waals surface area contributed by atoms with Gasteiger partial charge in [-0.25, -0.2) is 0 Å². The largest absolute Gasteiger partial charge is 0.357 e. The first-order valence-electron chi connectivity index (χ1n) is 7.93. The zero-order chi connectivity index (χ0) is 16.9. The van der Waals surface area contributed by atoms with Crippen LogP contribution in [0.2, 0.25) is 0 Å². The van der Waals surface area contributed by atoms with Crippen LogP contribution in [0, 0.1) is 0 Å². The number of para-hydroxylation sites is 1. The third-order valence-corrected chi connectivity index (χ3v) is 5.86. The van der Waals surface area contributed by atoms with Crippen molar-refractivity contribution in [2.45, 2.75) is 29.4 Å². The van der Waals surface area contributed by atoms with E-state index in [1.54, 1.807) is 6.08 Å². The molecular weight excluding hydrogens is 340 g/mol. The summed E-state index contributed by atoms with van der Waals surface area (Å²) < 4.78 is 0.799. The van der Waals surface area contributed by atoms with Crippen molar-refractivity contribution in [3.8, 4) is 0 Å². The van der Waals surface area contributed by atoms with E-state index in [4.69, 9.17) is 0 Å². The Labute approximate surface area is 150 Å². The molecule has 2 heterocycles. The molecule has 3 rings (SSSR count). The second-order valence-electron chi connectivity index (χ2n) is 5.52. The second-order valence-corrected chi connectivity index (χ2v) is 8.09. The number of nitrogens with one attached hydrogen (secondary N) is 1. The maximum atomic E-state index is 12.9. The number of carbonyl (C=O) groups excluding carboxylic acids is 1. The van der Waals surface area contributed by atoms with Gasteiger partial charge < -0.3 is 10.2 Å². The molecule has 0 saturated heterocycles. The number of hydrogen-bond donors (Lipinski definition) is 1. The molecule has 2 aromatic rings. The fraction of sp³-hybridized carbons (Fsp3) is 0.353. The SMILES string of the molecule is C=CCNc1nnc(S[C@H](C)C(=O)N2CCCc3ccccc32)s1. The smallest absolute Gasteiger partial charge is 0.240 e. The summed E-state index contributed by atoms with van der Waals surface area (Å²) in [5.41, 5.74) is 2.30. The Morgan fingerprint density at radius 3 is 3.17 bits per heavy atom. The van der Waals surface area contributed by atoms with Crippen molar-refractivity contribution in [3.63, 3.8) is 0 Å². The number of nitrogens with zero attached hydrogens (tertiary/aromatic N) is 3. The molecule has 0 unspecified atom stereocenters. The highest BCUT2D eigenvalue weighted by molar-refractivity contribution is 8.02. The van der Waals surface area contributed by atoms with E-state index in [9.17, 15) is 4.79 Å². The highest BCUT2D eigenvalue weighted by Gasteiger charge is 2.27. The lowest BCUT2D eigenvalue weighted by Gasteiger charge is -2.31. The second kappa shape index (κ2) is 7.81. The van der Waals surface area contributed by atoms with Gasteiger partial charge in [-0.2, -0.15) is 0 Å². The molecular formula is C17H20N4OS2. The van der Waals surface area contributed by atoms with Gasteiger partial charge in [0, 0.05) is 18.8 Å². The van der Waals surface area contributed by atoms with Crippen LogP contribution < -0.4 is 10.2 Å². The van der Waals surface area contributed by atoms with Crippen LogP contribution in [0.15, 0.2) is 41.3 Å². The Bertz CT molecular complexity index is 731. The fourth-order valence-electron chi connectivity index (χ4n) is 2.67. The Balaban J connectivity index is 1.67. The van der Waals surface area contributed by atoms with Gasteiger partial charge >= 0.3 is 0 Å². The molecule has 1 amide bonds. The highest BCUT2D eigenvalue weighted by Crippen LogP contribution is 2.32. The maximum absolute atomic E-state index is 12.9. The lowest BCUT2D eigenvalue weighted by molar-refractivity contribution is -0.117. The molecule has 5 nitrogen and oxygen atoms in total. The monoisotopic (exact) mass is 360 g/mol. The van der Waals surface area contributed by atoms with E-state index in [2.05, 4.69) is 28.2 Å². The zero-order valence-electron chi connectivity index (χ0n) is 13.6. The summed E-state index contributed by atoms with van der Waals surface area (Å²) in [7, 11) is 0. The normalized spacial score (nSPS) is 14.8. The van der Waals surface area contributed by atoms with E-state index in [1.165, 1.54) is 28.7 Å². The molecule has 1 aromatic heterocycles. The minimum atomic E-state index is -0.198. The Morgan fingerprint density at radius 2 is 2.33 bits per heavy atom. The first kappa shape index (κ1) is 17.0. The van der Waals surface area contributed by atoms with Gasteiger partial charge in [0.15, 0.2) is 4.34 Å². The lowest BCUT2D eigenvalue weighted by atomic mass is 10.0. The molecule has 1 N–H and O–H groups in total. The number of aryl methyl sites for hydroxylation is 1. The van der Waals surface area contributed by atoms with Gasteiger partial charge in [-0.3, -0.25) is 4.79 Å². The number of benzene rings is 1. The van der Waals surface area contributed by atoms with Gasteiger partial charge in [0.2, 0.25) is 11.0 Å². The highest BCUT2D eigenvalue weighted by atomic mass is 32.2. The summed E-state index contributed by atoms with van der Waals surface area (Å²) in [6, 6.07) is 8.16. The number of anilines is 2. The quantitative estimate of drug-likeness (QED) is 0.630. The average Bonchev–Trinajstić information content (AvgIpc) is 3.06. The number of fused-ring (bicyclic) bond motifs is 1. The van der Waals surface area contributed by atoms with Gasteiger partial charge in [0.05, 0.1) is 5.25 Å². The van der Waals surface area contributed by atoms with Crippen molar-refractivity contribution in [2.75, 3.05) is 23.3 Å². The average molecular weight is 361 g/mol. The molecule has 0 radical (unpaired) electrons. The Hall–Kier alpha value is -1.86. The Morgan fingerprint density at radius 1 is 1.50 bits per heavy atom. The summed E-state index contributed by atoms with van der Waals surface area (Å²) in [5, 5.41) is 11.9. The minimum absolute atomic E-state index is 0.128. The summed E-state index contributed by atoms with van der Waals surface area (Å²) >= 11 is 2.92. The molecule has 0 spiro atoms. The number of carbonyl (C=O) groups is 1. The van der Waals surface area contributed by atoms with Crippen LogP contribution in [0.3, 0.4) is 0 Å². The standard InChI is InChI=1S/C17H20N4OS2/c1-3-10-18-16-19-20-17(24-16)23-12(2)15(22)21-11-6-8-13-7-4-5-9-14(13)21/h3-5,7,9,12H,1,6,8,10-11H2,2H3,(H,18,19)/t12-/m1/s1. The van der Waals surface area contributed by atoms with E-state index in [0.717, 1.165) is 34.5 Å². The van der Waals surface area contributed by atoms with Crippen LogP contribution in [0.4, 0.5) is 10.8 Å². The van der Waals surface area contributed by atoms with Crippen molar-refractivity contribution in [1.82, 2.24) is 10.2 Å². The fourth-order valence-corrected chi connectivity index (χ4v) is 4.64. The van der Waals surface area contributed by atoms with Crippen molar-refractivity contribution in [1.29, 1.82) is 0 Å². The van der Waals surface area contributed by atoms with Gasteiger partial charge in [-0.15, -0.1) is 16.8 Å². The van der Waals surface area contributed by atoms with Crippen LogP contribution in [-0.4, -0.2) is 34.4 Å². The van der Waals surface area contributed by atoms with E-state index >= 15 is 0 Å². The number of hydrogen-bond acceptors (Lipinski definition) is 6. The molecule has 24 heavy (non-hydrogen) atoms. The lowest BCUT2D eigenvalue weighted by Crippen LogP contribution is -2.40. The van der Waals surface area contributed by atoms with Crippen molar-refractivity contribution < 1.29 is 4.79 Å². The summed E-state index contributed by atoms with van der Waals surface area (Å²) in [5.74, 6) is 0.128. The first-order chi connectivity index (χ1) is 11.7. The molecule has 0 aliphatic carbocycles. The van der Waals surface area contributed by atoms with Crippen molar-refractivity contribution in [2.24, 2.45) is 0 Å². The maximum Gasteiger partial charge on any atom is 0.240 e. The molecule has 1 atom stereocenters. The van der Waals surface area contributed by atoms with Gasteiger partial charge in [0.25, 0.3) is 0 Å². The third kappa shape index (κ3) is 3.79. The molecule has 0 saturated carbocycles. The summed E-state index contributed by atoms with van der Waals surface area (Å²) in [6.45, 7) is 7.03. The first-order valence-corrected chi connectivity index (χ1v) is 9.63. The van der Waals surface area contributed by atoms with Crippen LogP contribution in [0.25, 0.3) is 0 Å². The van der Waals surface area contributed by atoms with Crippen LogP contribution in [0.5, 0.6) is 0 Å². The van der Waals surface area contributed by atoms with Gasteiger partial charge in [-0.05, 0) is 31.4 Å². The molecule has 0 bridgehead atoms. The van der Waals surface area contributed by atoms with Crippen molar-refractivity contribution >= 4 is 39.8 Å². The predicted molar refractivity (Wildman–Crippen MR) is 101 cm³/mol. The summed E-state index contributed by atoms with van der Waals surface area (Å²) in [6.07, 6.45) is 3.82. The minimum Gasteiger partial charge on any atom is -0.357 e. The molecule has 1 aliphatic rings. The molecule has 1 aliphatic heterocycles. The zero-order valence-corrected chi connectivity index (χ0v) is 15.2. The van der Waals surface area contributed by atoms with Gasteiger partial charge in [0.1, 0.15) is 0 Å². The third-order valence-electron chi connectivity index (χ3n) is 3.81. The van der Waals surface area contributed by atoms with Crippen LogP contribution >= 0.6 is 23.1 Å². The number of rotatable bonds is 6. The van der Waals surface area contributed by atoms with Crippen LogP contribution in [-0.2, 0) is 11.2 Å². The van der Waals surface area contributed by atoms with Crippen molar-refractivity contribution in [3.05, 3.63) is 42.5 Å². The summed E-state index contributed by atoms with van der Waals surface area (Å²) in [4.78, 5) is 14.8. The number of aromatic nitrogens is 2. The number of amides is 1. The molecule has 0 fully saturated rings. The molecule has 1 aromatic carbocycles. The topological polar surface area (TPSA) is 58.1 Å². The van der Waals surface area contributed by atoms with E-state index in [1.807, 2.05) is 30.0 Å². The van der Waals surface area contributed by atoms with E-state index in [-0.39, 0.29) is 11.2 Å². The van der Waals surface area contributed by atoms with Crippen LogP contribution in [0.1, 0.15) is 18.9 Å². The number of thioether (sulfide) groups is 1.